The number of hydrogen-bond donors (Lipinski definition) is 0. The van der Waals surface area contributed by atoms with E-state index < -0.39 is 32.4 Å². The van der Waals surface area contributed by atoms with Gasteiger partial charge in [-0.25, -0.2) is 21.6 Å². The van der Waals surface area contributed by atoms with Crippen molar-refractivity contribution in [3.05, 3.63) is 64.4 Å². The van der Waals surface area contributed by atoms with Gasteiger partial charge in [-0.15, -0.1) is 0 Å². The van der Waals surface area contributed by atoms with Crippen molar-refractivity contribution in [1.29, 1.82) is 0 Å². The molecule has 0 saturated carbocycles. The average molecular weight is 350 g/mol. The van der Waals surface area contributed by atoms with Crippen LogP contribution in [-0.2, 0) is 16.6 Å². The second-order valence-electron chi connectivity index (χ2n) is 4.57. The van der Waals surface area contributed by atoms with Crippen LogP contribution in [0.5, 0.6) is 0 Å². The Labute approximate surface area is 131 Å². The van der Waals surface area contributed by atoms with E-state index in [1.54, 1.807) is 0 Å². The van der Waals surface area contributed by atoms with Gasteiger partial charge in [0.05, 0.1) is 4.90 Å². The van der Waals surface area contributed by atoms with E-state index in [4.69, 9.17) is 11.6 Å². The van der Waals surface area contributed by atoms with E-state index in [1.807, 2.05) is 0 Å². The zero-order valence-electron chi connectivity index (χ0n) is 11.4. The first-order valence-electron chi connectivity index (χ1n) is 6.07. The van der Waals surface area contributed by atoms with Crippen LogP contribution in [-0.4, -0.2) is 19.8 Å². The number of rotatable bonds is 4. The van der Waals surface area contributed by atoms with Gasteiger partial charge in [-0.3, -0.25) is 0 Å². The summed E-state index contributed by atoms with van der Waals surface area (Å²) >= 11 is 5.84. The minimum atomic E-state index is -4.19. The van der Waals surface area contributed by atoms with Crippen molar-refractivity contribution in [2.75, 3.05) is 7.05 Å². The summed E-state index contributed by atoms with van der Waals surface area (Å²) < 4.78 is 65.4. The normalized spacial score (nSPS) is 11.9. The monoisotopic (exact) mass is 349 g/mol. The molecule has 0 aliphatic heterocycles. The molecule has 8 heteroatoms. The van der Waals surface area contributed by atoms with E-state index in [9.17, 15) is 21.6 Å². The standard InChI is InChI=1S/C14H11ClF3NO2S/c1-19(8-12-13(15)3-2-4-14(12)18)22(20,21)11-6-9(16)5-10(17)7-11/h2-7H,8H2,1H3. The smallest absolute Gasteiger partial charge is 0.207 e. The quantitative estimate of drug-likeness (QED) is 0.846. The van der Waals surface area contributed by atoms with Crippen LogP contribution in [0.2, 0.25) is 5.02 Å². The summed E-state index contributed by atoms with van der Waals surface area (Å²) in [5.41, 5.74) is -0.0212. The fraction of sp³-hybridized carbons (Fsp3) is 0.143. The van der Waals surface area contributed by atoms with Gasteiger partial charge in [0.25, 0.3) is 0 Å². The Kier molecular flexibility index (Phi) is 4.79. The van der Waals surface area contributed by atoms with Crippen molar-refractivity contribution in [3.63, 3.8) is 0 Å². The molecule has 0 fully saturated rings. The average Bonchev–Trinajstić information content (AvgIpc) is 2.41. The molecule has 0 heterocycles. The first-order valence-corrected chi connectivity index (χ1v) is 7.89. The van der Waals surface area contributed by atoms with Crippen LogP contribution in [0.25, 0.3) is 0 Å². The van der Waals surface area contributed by atoms with E-state index in [1.165, 1.54) is 19.2 Å². The maximum Gasteiger partial charge on any atom is 0.243 e. The second kappa shape index (κ2) is 6.28. The second-order valence-corrected chi connectivity index (χ2v) is 7.02. The molecule has 22 heavy (non-hydrogen) atoms. The summed E-state index contributed by atoms with van der Waals surface area (Å²) in [7, 11) is -3.02. The van der Waals surface area contributed by atoms with Crippen LogP contribution < -0.4 is 0 Å². The molecule has 0 N–H and O–H groups in total. The SMILES string of the molecule is CN(Cc1c(F)cccc1Cl)S(=O)(=O)c1cc(F)cc(F)c1. The molecule has 0 amide bonds. The van der Waals surface area contributed by atoms with Crippen LogP contribution in [0.3, 0.4) is 0 Å². The lowest BCUT2D eigenvalue weighted by Crippen LogP contribution is -2.27. The summed E-state index contributed by atoms with van der Waals surface area (Å²) in [5.74, 6) is -2.70. The van der Waals surface area contributed by atoms with Crippen LogP contribution in [0.15, 0.2) is 41.3 Å². The van der Waals surface area contributed by atoms with Crippen molar-refractivity contribution in [2.45, 2.75) is 11.4 Å². The molecule has 0 saturated heterocycles. The highest BCUT2D eigenvalue weighted by atomic mass is 35.5. The maximum absolute atomic E-state index is 13.7. The van der Waals surface area contributed by atoms with E-state index >= 15 is 0 Å². The van der Waals surface area contributed by atoms with Gasteiger partial charge in [0.1, 0.15) is 17.5 Å². The minimum Gasteiger partial charge on any atom is -0.207 e. The predicted molar refractivity (Wildman–Crippen MR) is 76.4 cm³/mol. The molecule has 0 bridgehead atoms. The summed E-state index contributed by atoms with van der Waals surface area (Å²) in [4.78, 5) is -0.556. The van der Waals surface area contributed by atoms with E-state index in [2.05, 4.69) is 0 Å². The number of halogens is 4. The molecule has 0 radical (unpaired) electrons. The minimum absolute atomic E-state index is 0.0212. The molecule has 0 unspecified atom stereocenters. The fourth-order valence-electron chi connectivity index (χ4n) is 1.85. The molecule has 0 atom stereocenters. The Morgan fingerprint density at radius 2 is 1.68 bits per heavy atom. The molecule has 2 rings (SSSR count). The van der Waals surface area contributed by atoms with E-state index in [0.29, 0.717) is 18.2 Å². The molecule has 2 aromatic carbocycles. The van der Waals surface area contributed by atoms with Crippen molar-refractivity contribution < 1.29 is 21.6 Å². The third kappa shape index (κ3) is 3.43. The zero-order chi connectivity index (χ0) is 16.5. The number of hydrogen-bond acceptors (Lipinski definition) is 2. The highest BCUT2D eigenvalue weighted by molar-refractivity contribution is 7.89. The molecule has 3 nitrogen and oxygen atoms in total. The summed E-state index contributed by atoms with van der Waals surface area (Å²) in [5, 5.41) is 0.0625. The zero-order valence-corrected chi connectivity index (χ0v) is 12.9. The van der Waals surface area contributed by atoms with Gasteiger partial charge in [-0.2, -0.15) is 4.31 Å². The highest BCUT2D eigenvalue weighted by Crippen LogP contribution is 2.24. The van der Waals surface area contributed by atoms with Crippen molar-refractivity contribution >= 4 is 21.6 Å². The number of benzene rings is 2. The largest absolute Gasteiger partial charge is 0.243 e. The van der Waals surface area contributed by atoms with Gasteiger partial charge in [-0.05, 0) is 24.3 Å². The maximum atomic E-state index is 13.7. The Hall–Kier alpha value is -1.57. The molecule has 0 aliphatic carbocycles. The van der Waals surface area contributed by atoms with E-state index in [0.717, 1.165) is 10.4 Å². The third-order valence-corrected chi connectivity index (χ3v) is 5.12. The van der Waals surface area contributed by atoms with Gasteiger partial charge in [0, 0.05) is 30.2 Å². The lowest BCUT2D eigenvalue weighted by Gasteiger charge is -2.18. The van der Waals surface area contributed by atoms with Gasteiger partial charge < -0.3 is 0 Å². The van der Waals surface area contributed by atoms with Gasteiger partial charge in [0.15, 0.2) is 0 Å². The molecular weight excluding hydrogens is 339 g/mol. The number of sulfonamides is 1. The molecule has 118 valence electrons. The number of nitrogens with zero attached hydrogens (tertiary/aromatic N) is 1. The lowest BCUT2D eigenvalue weighted by molar-refractivity contribution is 0.454. The van der Waals surface area contributed by atoms with Crippen molar-refractivity contribution in [3.8, 4) is 0 Å². The third-order valence-electron chi connectivity index (χ3n) is 2.99. The van der Waals surface area contributed by atoms with E-state index in [-0.39, 0.29) is 17.1 Å². The molecular formula is C14H11ClF3NO2S. The fourth-order valence-corrected chi connectivity index (χ4v) is 3.25. The Morgan fingerprint density at radius 3 is 2.23 bits per heavy atom. The Balaban J connectivity index is 2.37. The molecule has 2 aromatic rings. The van der Waals surface area contributed by atoms with Crippen molar-refractivity contribution in [2.24, 2.45) is 0 Å². The summed E-state index contributed by atoms with van der Waals surface area (Å²) in [6.45, 7) is -0.369. The molecule has 0 aromatic heterocycles. The Bertz CT molecular complexity index is 771. The van der Waals surface area contributed by atoms with Crippen LogP contribution in [0.4, 0.5) is 13.2 Å². The lowest BCUT2D eigenvalue weighted by atomic mass is 10.2. The molecule has 0 aliphatic rings. The predicted octanol–water partition coefficient (Wildman–Crippen LogP) is 3.58. The van der Waals surface area contributed by atoms with Gasteiger partial charge >= 0.3 is 0 Å². The van der Waals surface area contributed by atoms with Crippen LogP contribution in [0.1, 0.15) is 5.56 Å². The Morgan fingerprint density at radius 1 is 1.09 bits per heavy atom. The summed E-state index contributed by atoms with van der Waals surface area (Å²) in [6, 6.07) is 5.89. The highest BCUT2D eigenvalue weighted by Gasteiger charge is 2.24. The topological polar surface area (TPSA) is 37.4 Å². The first-order chi connectivity index (χ1) is 10.2. The van der Waals surface area contributed by atoms with Crippen molar-refractivity contribution in [1.82, 2.24) is 4.31 Å². The summed E-state index contributed by atoms with van der Waals surface area (Å²) in [6.07, 6.45) is 0. The van der Waals surface area contributed by atoms with Gasteiger partial charge in [0.2, 0.25) is 10.0 Å². The first kappa shape index (κ1) is 16.8. The van der Waals surface area contributed by atoms with Crippen LogP contribution in [0, 0.1) is 17.5 Å². The molecule has 0 spiro atoms. The van der Waals surface area contributed by atoms with Gasteiger partial charge in [-0.1, -0.05) is 17.7 Å². The van der Waals surface area contributed by atoms with Crippen LogP contribution >= 0.6 is 11.6 Å².